The van der Waals surface area contributed by atoms with Crippen LogP contribution in [-0.2, 0) is 0 Å². The van der Waals surface area contributed by atoms with Gasteiger partial charge >= 0.3 is 0 Å². The Kier molecular flexibility index (Phi) is 4.61. The molecule has 16 heavy (non-hydrogen) atoms. The summed E-state index contributed by atoms with van der Waals surface area (Å²) < 4.78 is 5.36. The Hall–Kier alpha value is -1.74. The van der Waals surface area contributed by atoms with Crippen LogP contribution in [0.25, 0.3) is 0 Å². The molecule has 0 aliphatic heterocycles. The van der Waals surface area contributed by atoms with Gasteiger partial charge in [-0.1, -0.05) is 26.7 Å². The van der Waals surface area contributed by atoms with Crippen LogP contribution in [0.4, 0.5) is 0 Å². The lowest BCUT2D eigenvalue weighted by atomic mass is 9.86. The molecule has 84 valence electrons. The van der Waals surface area contributed by atoms with Gasteiger partial charge in [0.25, 0.3) is 0 Å². The van der Waals surface area contributed by atoms with Gasteiger partial charge < -0.3 is 4.42 Å². The van der Waals surface area contributed by atoms with E-state index < -0.39 is 0 Å². The molecule has 3 heteroatoms. The van der Waals surface area contributed by atoms with Crippen molar-refractivity contribution in [1.82, 2.24) is 0 Å². The van der Waals surface area contributed by atoms with E-state index in [1.54, 1.807) is 6.07 Å². The van der Waals surface area contributed by atoms with Gasteiger partial charge in [-0.2, -0.15) is 10.5 Å². The maximum absolute atomic E-state index is 8.82. The van der Waals surface area contributed by atoms with E-state index in [-0.39, 0.29) is 5.92 Å². The lowest BCUT2D eigenvalue weighted by Gasteiger charge is -2.18. The van der Waals surface area contributed by atoms with Crippen LogP contribution in [-0.4, -0.2) is 0 Å². The van der Waals surface area contributed by atoms with E-state index in [0.717, 1.165) is 18.6 Å². The molecular weight excluding hydrogens is 200 g/mol. The van der Waals surface area contributed by atoms with Gasteiger partial charge in [0.2, 0.25) is 0 Å². The highest BCUT2D eigenvalue weighted by atomic mass is 16.3. The summed E-state index contributed by atoms with van der Waals surface area (Å²) in [5.41, 5.74) is 0.529. The zero-order chi connectivity index (χ0) is 12.0. The van der Waals surface area contributed by atoms with Crippen LogP contribution < -0.4 is 0 Å². The lowest BCUT2D eigenvalue weighted by Crippen LogP contribution is -2.08. The third kappa shape index (κ3) is 2.87. The number of hydrogen-bond acceptors (Lipinski definition) is 3. The first-order valence-corrected chi connectivity index (χ1v) is 5.58. The molecule has 1 aromatic rings. The van der Waals surface area contributed by atoms with Crippen molar-refractivity contribution in [2.45, 2.75) is 39.0 Å². The van der Waals surface area contributed by atoms with E-state index in [0.29, 0.717) is 17.9 Å². The third-order valence-corrected chi connectivity index (χ3v) is 2.86. The van der Waals surface area contributed by atoms with E-state index in [9.17, 15) is 0 Å². The Morgan fingerprint density at radius 2 is 2.19 bits per heavy atom. The molecule has 0 radical (unpaired) electrons. The molecule has 2 atom stereocenters. The second-order valence-electron chi connectivity index (χ2n) is 4.08. The predicted octanol–water partition coefficient (Wildman–Crippen LogP) is 3.58. The summed E-state index contributed by atoms with van der Waals surface area (Å²) in [6.07, 6.45) is 4.06. The molecule has 0 spiro atoms. The van der Waals surface area contributed by atoms with Gasteiger partial charge in [-0.05, 0) is 12.0 Å². The van der Waals surface area contributed by atoms with Crippen LogP contribution in [0.15, 0.2) is 16.7 Å². The molecule has 0 aliphatic rings. The highest BCUT2D eigenvalue weighted by Crippen LogP contribution is 2.31. The fourth-order valence-electron chi connectivity index (χ4n) is 1.94. The maximum atomic E-state index is 8.82. The minimum Gasteiger partial charge on any atom is -0.468 e. The maximum Gasteiger partial charge on any atom is 0.109 e. The molecule has 1 aromatic heterocycles. The van der Waals surface area contributed by atoms with Gasteiger partial charge in [0.1, 0.15) is 18.1 Å². The van der Waals surface area contributed by atoms with E-state index in [2.05, 4.69) is 19.9 Å². The molecule has 0 bridgehead atoms. The molecular formula is C13H16N2O. The van der Waals surface area contributed by atoms with Crippen molar-refractivity contribution in [1.29, 1.82) is 10.5 Å². The van der Waals surface area contributed by atoms with Crippen LogP contribution in [0.2, 0.25) is 0 Å². The third-order valence-electron chi connectivity index (χ3n) is 2.86. The van der Waals surface area contributed by atoms with Gasteiger partial charge in [-0.3, -0.25) is 0 Å². The Labute approximate surface area is 96.3 Å². The van der Waals surface area contributed by atoms with E-state index in [1.807, 2.05) is 6.07 Å². The predicted molar refractivity (Wildman–Crippen MR) is 60.5 cm³/mol. The van der Waals surface area contributed by atoms with Crippen molar-refractivity contribution in [2.24, 2.45) is 5.92 Å². The first kappa shape index (κ1) is 12.3. The Bertz CT molecular complexity index is 408. The summed E-state index contributed by atoms with van der Waals surface area (Å²) in [5, 5.41) is 17.6. The Morgan fingerprint density at radius 1 is 1.44 bits per heavy atom. The number of hydrogen-bond donors (Lipinski definition) is 0. The molecule has 3 nitrogen and oxygen atoms in total. The molecule has 0 N–H and O–H groups in total. The second-order valence-corrected chi connectivity index (χ2v) is 4.08. The summed E-state index contributed by atoms with van der Waals surface area (Å²) in [4.78, 5) is 0. The van der Waals surface area contributed by atoms with Crippen molar-refractivity contribution in [3.05, 3.63) is 23.7 Å². The van der Waals surface area contributed by atoms with Crippen molar-refractivity contribution in [3.8, 4) is 12.1 Å². The highest BCUT2D eigenvalue weighted by molar-refractivity contribution is 5.28. The topological polar surface area (TPSA) is 60.7 Å². The Balaban J connectivity index is 2.85. The molecule has 1 heterocycles. The minimum atomic E-state index is 0.104. The minimum absolute atomic E-state index is 0.104. The monoisotopic (exact) mass is 216 g/mol. The Morgan fingerprint density at radius 3 is 2.69 bits per heavy atom. The van der Waals surface area contributed by atoms with E-state index >= 15 is 0 Å². The standard InChI is InChI=1S/C13H16N2O/c1-3-4-10(2)12(5-6-14)13-7-11(8-15)9-16-13/h7,9-10,12H,3-5H2,1-2H3. The smallest absolute Gasteiger partial charge is 0.109 e. The van der Waals surface area contributed by atoms with Crippen LogP contribution in [0.5, 0.6) is 0 Å². The van der Waals surface area contributed by atoms with E-state index in [4.69, 9.17) is 14.9 Å². The quantitative estimate of drug-likeness (QED) is 0.755. The summed E-state index contributed by atoms with van der Waals surface area (Å²) >= 11 is 0. The summed E-state index contributed by atoms with van der Waals surface area (Å²) in [5.74, 6) is 1.27. The zero-order valence-corrected chi connectivity index (χ0v) is 9.73. The first-order valence-electron chi connectivity index (χ1n) is 5.58. The molecule has 0 aromatic carbocycles. The molecule has 0 saturated carbocycles. The zero-order valence-electron chi connectivity index (χ0n) is 9.73. The van der Waals surface area contributed by atoms with Crippen LogP contribution in [0, 0.1) is 28.6 Å². The summed E-state index contributed by atoms with van der Waals surface area (Å²) in [6.45, 7) is 4.25. The normalized spacial score (nSPS) is 13.8. The van der Waals surface area contributed by atoms with Crippen molar-refractivity contribution in [2.75, 3.05) is 0 Å². The average molecular weight is 216 g/mol. The molecule has 1 rings (SSSR count). The largest absolute Gasteiger partial charge is 0.468 e. The molecule has 2 unspecified atom stereocenters. The van der Waals surface area contributed by atoms with Gasteiger partial charge in [-0.15, -0.1) is 0 Å². The number of nitrogens with zero attached hydrogens (tertiary/aromatic N) is 2. The van der Waals surface area contributed by atoms with Gasteiger partial charge in [0.15, 0.2) is 0 Å². The van der Waals surface area contributed by atoms with Crippen molar-refractivity contribution >= 4 is 0 Å². The average Bonchev–Trinajstić information content (AvgIpc) is 2.74. The molecule has 0 amide bonds. The fraction of sp³-hybridized carbons (Fsp3) is 0.538. The fourth-order valence-corrected chi connectivity index (χ4v) is 1.94. The molecule has 0 aliphatic carbocycles. The van der Waals surface area contributed by atoms with Gasteiger partial charge in [0.05, 0.1) is 11.6 Å². The second kappa shape index (κ2) is 5.98. The van der Waals surface area contributed by atoms with Crippen LogP contribution >= 0.6 is 0 Å². The SMILES string of the molecule is CCCC(C)C(CC#N)c1cc(C#N)co1. The van der Waals surface area contributed by atoms with Gasteiger partial charge in [-0.25, -0.2) is 0 Å². The van der Waals surface area contributed by atoms with Crippen molar-refractivity contribution < 1.29 is 4.42 Å². The van der Waals surface area contributed by atoms with Crippen molar-refractivity contribution in [3.63, 3.8) is 0 Å². The van der Waals surface area contributed by atoms with E-state index in [1.165, 1.54) is 6.26 Å². The van der Waals surface area contributed by atoms with Crippen LogP contribution in [0.1, 0.15) is 50.4 Å². The molecule has 0 saturated heterocycles. The number of nitriles is 2. The number of furan rings is 1. The first-order chi connectivity index (χ1) is 7.72. The lowest BCUT2D eigenvalue weighted by molar-refractivity contribution is 0.361. The van der Waals surface area contributed by atoms with Crippen LogP contribution in [0.3, 0.4) is 0 Å². The van der Waals surface area contributed by atoms with Gasteiger partial charge in [0, 0.05) is 12.3 Å². The highest BCUT2D eigenvalue weighted by Gasteiger charge is 2.21. The number of rotatable bonds is 5. The molecule has 0 fully saturated rings. The summed E-state index contributed by atoms with van der Waals surface area (Å²) in [6, 6.07) is 5.97. The summed E-state index contributed by atoms with van der Waals surface area (Å²) in [7, 11) is 0.